The van der Waals surface area contributed by atoms with Gasteiger partial charge in [-0.15, -0.1) is 26.3 Å². The lowest BCUT2D eigenvalue weighted by atomic mass is 10.1. The van der Waals surface area contributed by atoms with Gasteiger partial charge in [0.05, 0.1) is 5.69 Å². The van der Waals surface area contributed by atoms with Crippen LogP contribution in [0.3, 0.4) is 0 Å². The number of nitrogens with zero attached hydrogens (tertiary/aromatic N) is 2. The molecule has 1 N–H and O–H groups in total. The predicted octanol–water partition coefficient (Wildman–Crippen LogP) is 5.95. The first-order valence-corrected chi connectivity index (χ1v) is 9.72. The summed E-state index contributed by atoms with van der Waals surface area (Å²) in [5.74, 6) is -2.00. The minimum Gasteiger partial charge on any atom is -0.477 e. The number of carboxylic acid groups (broad SMARTS) is 1. The predicted molar refractivity (Wildman–Crippen MR) is 110 cm³/mol. The summed E-state index contributed by atoms with van der Waals surface area (Å²) >= 11 is 0. The van der Waals surface area contributed by atoms with E-state index < -0.39 is 18.7 Å². The molecule has 3 rings (SSSR count). The van der Waals surface area contributed by atoms with Gasteiger partial charge in [0.15, 0.2) is 5.78 Å². The van der Waals surface area contributed by atoms with E-state index in [0.29, 0.717) is 23.4 Å². The van der Waals surface area contributed by atoms with Crippen LogP contribution >= 0.6 is 0 Å². The van der Waals surface area contributed by atoms with E-state index in [4.69, 9.17) is 5.11 Å². The fourth-order valence-electron chi connectivity index (χ4n) is 2.69. The van der Waals surface area contributed by atoms with Crippen molar-refractivity contribution in [2.45, 2.75) is 33.1 Å². The number of carbonyl (C=O) groups excluding carboxylic acids is 1. The number of ether oxygens (including phenoxy) is 2. The summed E-state index contributed by atoms with van der Waals surface area (Å²) in [4.78, 5) is 21.8. The average molecular weight is 504 g/mol. The molecule has 7 nitrogen and oxygen atoms in total. The second-order valence-corrected chi connectivity index (χ2v) is 6.74. The largest absolute Gasteiger partial charge is 0.573 e. The quantitative estimate of drug-likeness (QED) is 0.329. The molecule has 0 saturated heterocycles. The van der Waals surface area contributed by atoms with Gasteiger partial charge in [0.2, 0.25) is 0 Å². The maximum atomic E-state index is 12.1. The molecule has 188 valence electrons. The molecule has 0 spiro atoms. The molecule has 0 aliphatic carbocycles. The van der Waals surface area contributed by atoms with E-state index in [9.17, 15) is 35.9 Å². The van der Waals surface area contributed by atoms with Gasteiger partial charge in [0, 0.05) is 17.7 Å². The number of aromatic nitrogens is 2. The van der Waals surface area contributed by atoms with Gasteiger partial charge in [0.25, 0.3) is 0 Å². The Bertz CT molecular complexity index is 1150. The van der Waals surface area contributed by atoms with Gasteiger partial charge in [-0.05, 0) is 68.4 Å². The highest BCUT2D eigenvalue weighted by molar-refractivity contribution is 5.94. The molecule has 35 heavy (non-hydrogen) atoms. The summed E-state index contributed by atoms with van der Waals surface area (Å²) in [6.45, 7) is 3.44. The minimum atomic E-state index is -4.75. The maximum Gasteiger partial charge on any atom is 0.573 e. The van der Waals surface area contributed by atoms with Crippen LogP contribution < -0.4 is 9.47 Å². The number of halogens is 6. The van der Waals surface area contributed by atoms with Gasteiger partial charge in [-0.3, -0.25) is 9.48 Å². The Morgan fingerprint density at radius 1 is 0.886 bits per heavy atom. The van der Waals surface area contributed by atoms with Crippen molar-refractivity contribution in [1.82, 2.24) is 9.78 Å². The van der Waals surface area contributed by atoms with Crippen molar-refractivity contribution in [2.24, 2.45) is 0 Å². The van der Waals surface area contributed by atoms with Crippen molar-refractivity contribution in [3.8, 4) is 22.8 Å². The van der Waals surface area contributed by atoms with Crippen LogP contribution in [-0.2, 0) is 6.54 Å². The number of hydrogen-bond acceptors (Lipinski definition) is 5. The van der Waals surface area contributed by atoms with Crippen molar-refractivity contribution >= 4 is 11.8 Å². The van der Waals surface area contributed by atoms with Gasteiger partial charge in [-0.2, -0.15) is 5.10 Å². The highest BCUT2D eigenvalue weighted by Gasteiger charge is 2.31. The molecule has 3 aromatic rings. The van der Waals surface area contributed by atoms with Crippen molar-refractivity contribution in [3.63, 3.8) is 0 Å². The highest BCUT2D eigenvalue weighted by atomic mass is 19.4. The summed E-state index contributed by atoms with van der Waals surface area (Å²) < 4.78 is 80.0. The summed E-state index contributed by atoms with van der Waals surface area (Å²) in [7, 11) is 0. The molecule has 1 aromatic heterocycles. The lowest BCUT2D eigenvalue weighted by Gasteiger charge is -2.08. The number of hydrogen-bond donors (Lipinski definition) is 1. The molecule has 0 fully saturated rings. The molecule has 0 aliphatic rings. The molecule has 0 radical (unpaired) electrons. The molecule has 0 atom stereocenters. The number of carboxylic acids is 1. The van der Waals surface area contributed by atoms with Crippen LogP contribution in [0.25, 0.3) is 11.3 Å². The topological polar surface area (TPSA) is 90.7 Å². The molecule has 0 saturated carbocycles. The minimum absolute atomic E-state index is 0.0168. The first-order valence-electron chi connectivity index (χ1n) is 9.72. The number of aryl methyl sites for hydroxylation is 1. The Morgan fingerprint density at radius 3 is 1.69 bits per heavy atom. The maximum absolute atomic E-state index is 12.1. The van der Waals surface area contributed by atoms with Crippen LogP contribution in [0.15, 0.2) is 54.6 Å². The number of benzene rings is 2. The van der Waals surface area contributed by atoms with Gasteiger partial charge >= 0.3 is 18.7 Å². The SMILES string of the molecule is CC(=O)c1ccc(OC(F)(F)F)cc1.CCn1nc(-c2ccc(OC(F)(F)F)cc2)cc1C(=O)O. The Labute approximate surface area is 194 Å². The van der Waals surface area contributed by atoms with E-state index in [2.05, 4.69) is 14.6 Å². The summed E-state index contributed by atoms with van der Waals surface area (Å²) in [5, 5.41) is 13.1. The van der Waals surface area contributed by atoms with Crippen molar-refractivity contribution in [2.75, 3.05) is 0 Å². The first-order chi connectivity index (χ1) is 16.2. The fraction of sp³-hybridized carbons (Fsp3) is 0.227. The smallest absolute Gasteiger partial charge is 0.477 e. The number of alkyl halides is 6. The second-order valence-electron chi connectivity index (χ2n) is 6.74. The highest BCUT2D eigenvalue weighted by Crippen LogP contribution is 2.26. The Kier molecular flexibility index (Phi) is 8.50. The molecule has 0 unspecified atom stereocenters. The molecule has 0 bridgehead atoms. The molecular formula is C22H18F6N2O5. The van der Waals surface area contributed by atoms with Crippen LogP contribution in [0.2, 0.25) is 0 Å². The number of Topliss-reactive ketones (excluding diaryl/α,β-unsaturated/α-hetero) is 1. The van der Waals surface area contributed by atoms with E-state index in [1.165, 1.54) is 41.9 Å². The number of rotatable bonds is 6. The van der Waals surface area contributed by atoms with Crippen LogP contribution in [-0.4, -0.2) is 39.4 Å². The van der Waals surface area contributed by atoms with E-state index in [1.54, 1.807) is 6.92 Å². The van der Waals surface area contributed by atoms with Gasteiger partial charge in [-0.1, -0.05) is 0 Å². The Balaban J connectivity index is 0.000000269. The van der Waals surface area contributed by atoms with E-state index in [-0.39, 0.29) is 23.0 Å². The Morgan fingerprint density at radius 2 is 1.34 bits per heavy atom. The second kappa shape index (κ2) is 10.9. The summed E-state index contributed by atoms with van der Waals surface area (Å²) in [6.07, 6.45) is -9.44. The van der Waals surface area contributed by atoms with Crippen molar-refractivity contribution in [1.29, 1.82) is 0 Å². The van der Waals surface area contributed by atoms with Crippen LogP contribution in [0.1, 0.15) is 34.7 Å². The third kappa shape index (κ3) is 8.68. The standard InChI is InChI=1S/C13H11F3N2O3.C9H7F3O2/c1-2-18-11(12(19)20)7-10(17-18)8-3-5-9(6-4-8)21-13(14,15)16;1-6(13)7-2-4-8(5-3-7)14-9(10,11)12/h3-7H,2H2,1H3,(H,19,20);2-5H,1H3. The number of carbonyl (C=O) groups is 2. The van der Waals surface area contributed by atoms with Crippen LogP contribution in [0, 0.1) is 0 Å². The summed E-state index contributed by atoms with van der Waals surface area (Å²) in [5.41, 5.74) is 1.23. The fourth-order valence-corrected chi connectivity index (χ4v) is 2.69. The zero-order valence-corrected chi connectivity index (χ0v) is 18.1. The van der Waals surface area contributed by atoms with Crippen LogP contribution in [0.5, 0.6) is 11.5 Å². The lowest BCUT2D eigenvalue weighted by molar-refractivity contribution is -0.275. The molecule has 0 amide bonds. The van der Waals surface area contributed by atoms with Gasteiger partial charge in [-0.25, -0.2) is 4.79 Å². The van der Waals surface area contributed by atoms with E-state index >= 15 is 0 Å². The zero-order valence-electron chi connectivity index (χ0n) is 18.1. The molecule has 2 aromatic carbocycles. The number of ketones is 1. The first kappa shape index (κ1) is 27.2. The lowest BCUT2D eigenvalue weighted by Crippen LogP contribution is -2.17. The van der Waals surface area contributed by atoms with Crippen LogP contribution in [0.4, 0.5) is 26.3 Å². The third-order valence-corrected chi connectivity index (χ3v) is 4.18. The molecular weight excluding hydrogens is 486 g/mol. The van der Waals surface area contributed by atoms with Crippen molar-refractivity contribution < 1.29 is 50.5 Å². The Hall–Kier alpha value is -4.03. The van der Waals surface area contributed by atoms with Crippen molar-refractivity contribution in [3.05, 3.63) is 65.9 Å². The summed E-state index contributed by atoms with van der Waals surface area (Å²) in [6, 6.07) is 11.2. The molecule has 1 heterocycles. The monoisotopic (exact) mass is 504 g/mol. The van der Waals surface area contributed by atoms with Gasteiger partial charge < -0.3 is 14.6 Å². The molecule has 13 heteroatoms. The van der Waals surface area contributed by atoms with E-state index in [1.807, 2.05) is 0 Å². The average Bonchev–Trinajstić information content (AvgIpc) is 3.18. The van der Waals surface area contributed by atoms with Gasteiger partial charge in [0.1, 0.15) is 17.2 Å². The molecule has 0 aliphatic heterocycles. The zero-order chi connectivity index (χ0) is 26.4. The normalized spacial score (nSPS) is 11.3. The third-order valence-electron chi connectivity index (χ3n) is 4.18. The van der Waals surface area contributed by atoms with E-state index in [0.717, 1.165) is 24.3 Å². The number of aromatic carboxylic acids is 1.